The van der Waals surface area contributed by atoms with Crippen LogP contribution in [-0.4, -0.2) is 34.5 Å². The lowest BCUT2D eigenvalue weighted by Crippen LogP contribution is -2.38. The second-order valence-electron chi connectivity index (χ2n) is 5.82. The number of hydrogen-bond acceptors (Lipinski definition) is 5. The Bertz CT molecular complexity index is 936. The summed E-state index contributed by atoms with van der Waals surface area (Å²) < 4.78 is 38.6. The van der Waals surface area contributed by atoms with E-state index in [4.69, 9.17) is 9.47 Å². The molecule has 0 bridgehead atoms. The lowest BCUT2D eigenvalue weighted by Gasteiger charge is -2.31. The van der Waals surface area contributed by atoms with Crippen LogP contribution in [-0.2, 0) is 10.0 Å². The molecule has 2 aromatic carbocycles. The van der Waals surface area contributed by atoms with Crippen molar-refractivity contribution in [2.75, 3.05) is 24.6 Å². The van der Waals surface area contributed by atoms with E-state index in [9.17, 15) is 13.2 Å². The van der Waals surface area contributed by atoms with E-state index < -0.39 is 10.0 Å². The van der Waals surface area contributed by atoms with Crippen molar-refractivity contribution in [2.45, 2.75) is 18.7 Å². The van der Waals surface area contributed by atoms with Gasteiger partial charge in [-0.3, -0.25) is 9.10 Å². The van der Waals surface area contributed by atoms with Gasteiger partial charge in [-0.2, -0.15) is 0 Å². The molecule has 6 nitrogen and oxygen atoms in total. The Hall–Kier alpha value is -2.54. The second kappa shape index (κ2) is 6.40. The van der Waals surface area contributed by atoms with Gasteiger partial charge in [0.1, 0.15) is 23.0 Å². The summed E-state index contributed by atoms with van der Waals surface area (Å²) in [6, 6.07) is 9.81. The summed E-state index contributed by atoms with van der Waals surface area (Å²) in [5.41, 5.74) is 1.61. The van der Waals surface area contributed by atoms with Gasteiger partial charge in [-0.1, -0.05) is 6.07 Å². The highest BCUT2D eigenvalue weighted by Crippen LogP contribution is 2.38. The molecule has 0 saturated heterocycles. The number of ketones is 1. The maximum Gasteiger partial charge on any atom is 0.268 e. The highest BCUT2D eigenvalue weighted by atomic mass is 32.2. The van der Waals surface area contributed by atoms with Crippen LogP contribution in [0.1, 0.15) is 22.8 Å². The van der Waals surface area contributed by atoms with E-state index in [2.05, 4.69) is 0 Å². The molecule has 3 rings (SSSR count). The normalized spacial score (nSPS) is 13.8. The van der Waals surface area contributed by atoms with Crippen molar-refractivity contribution in [1.82, 2.24) is 0 Å². The summed E-state index contributed by atoms with van der Waals surface area (Å²) in [4.78, 5) is 11.8. The number of nitrogens with zero attached hydrogens (tertiary/aromatic N) is 1. The molecule has 0 radical (unpaired) electrons. The molecule has 132 valence electrons. The summed E-state index contributed by atoms with van der Waals surface area (Å²) in [6.45, 7) is 3.65. The molecule has 0 amide bonds. The number of ether oxygens (including phenoxy) is 2. The minimum atomic E-state index is -3.87. The number of anilines is 1. The molecule has 0 aromatic heterocycles. The number of methoxy groups -OCH3 is 1. The predicted molar refractivity (Wildman–Crippen MR) is 94.2 cm³/mol. The topological polar surface area (TPSA) is 72.9 Å². The Labute approximate surface area is 147 Å². The molecule has 1 heterocycles. The van der Waals surface area contributed by atoms with E-state index in [0.29, 0.717) is 17.0 Å². The van der Waals surface area contributed by atoms with Crippen LogP contribution in [0.15, 0.2) is 41.3 Å². The zero-order chi connectivity index (χ0) is 18.2. The van der Waals surface area contributed by atoms with Crippen LogP contribution in [0.5, 0.6) is 11.5 Å². The summed E-state index contributed by atoms with van der Waals surface area (Å²) in [6.07, 6.45) is 0. The first-order valence-corrected chi connectivity index (χ1v) is 9.24. The Morgan fingerprint density at radius 1 is 1.20 bits per heavy atom. The van der Waals surface area contributed by atoms with Crippen LogP contribution in [0.2, 0.25) is 0 Å². The van der Waals surface area contributed by atoms with Crippen LogP contribution < -0.4 is 13.8 Å². The van der Waals surface area contributed by atoms with Gasteiger partial charge in [0.15, 0.2) is 5.78 Å². The Morgan fingerprint density at radius 2 is 1.96 bits per heavy atom. The van der Waals surface area contributed by atoms with Crippen LogP contribution in [0, 0.1) is 6.92 Å². The number of Topliss-reactive ketones (excluding diaryl/α,β-unsaturated/α-hetero) is 1. The molecule has 0 fully saturated rings. The highest BCUT2D eigenvalue weighted by molar-refractivity contribution is 7.93. The monoisotopic (exact) mass is 361 g/mol. The first-order chi connectivity index (χ1) is 11.8. The Balaban J connectivity index is 2.16. The smallest absolute Gasteiger partial charge is 0.268 e. The van der Waals surface area contributed by atoms with Crippen molar-refractivity contribution in [1.29, 1.82) is 0 Å². The van der Waals surface area contributed by atoms with Crippen molar-refractivity contribution >= 4 is 21.5 Å². The third kappa shape index (κ3) is 3.07. The van der Waals surface area contributed by atoms with E-state index in [1.807, 2.05) is 6.92 Å². The van der Waals surface area contributed by atoms with Crippen molar-refractivity contribution in [3.8, 4) is 11.5 Å². The standard InChI is InChI=1S/C18H19NO5S/c1-12-4-6-17(23-3)18(10-12)25(21,22)19-8-9-24-16-7-5-14(13(2)20)11-15(16)19/h4-7,10-11H,8-9H2,1-3H3. The molecule has 0 atom stereocenters. The molecule has 25 heavy (non-hydrogen) atoms. The number of aryl methyl sites for hydroxylation is 1. The zero-order valence-electron chi connectivity index (χ0n) is 14.3. The van der Waals surface area contributed by atoms with Crippen LogP contribution >= 0.6 is 0 Å². The third-order valence-corrected chi connectivity index (χ3v) is 5.91. The Kier molecular flexibility index (Phi) is 4.43. The lowest BCUT2D eigenvalue weighted by atomic mass is 10.1. The average Bonchev–Trinajstić information content (AvgIpc) is 2.60. The number of sulfonamides is 1. The molecule has 1 aliphatic rings. The minimum absolute atomic E-state index is 0.0936. The van der Waals surface area contributed by atoms with Crippen molar-refractivity contribution in [3.05, 3.63) is 47.5 Å². The number of rotatable bonds is 4. The van der Waals surface area contributed by atoms with Gasteiger partial charge in [0.05, 0.1) is 19.3 Å². The third-order valence-electron chi connectivity index (χ3n) is 4.07. The first kappa shape index (κ1) is 17.3. The number of carbonyl (C=O) groups is 1. The summed E-state index contributed by atoms with van der Waals surface area (Å²) in [5.74, 6) is 0.576. The van der Waals surface area contributed by atoms with E-state index in [-0.39, 0.29) is 29.6 Å². The summed E-state index contributed by atoms with van der Waals surface area (Å²) in [5, 5.41) is 0. The van der Waals surface area contributed by atoms with Gasteiger partial charge in [0.2, 0.25) is 0 Å². The van der Waals surface area contributed by atoms with E-state index in [1.165, 1.54) is 18.3 Å². The van der Waals surface area contributed by atoms with Gasteiger partial charge >= 0.3 is 0 Å². The van der Waals surface area contributed by atoms with Crippen molar-refractivity contribution in [2.24, 2.45) is 0 Å². The van der Waals surface area contributed by atoms with Gasteiger partial charge in [-0.25, -0.2) is 8.42 Å². The van der Waals surface area contributed by atoms with E-state index >= 15 is 0 Å². The number of hydrogen-bond donors (Lipinski definition) is 0. The van der Waals surface area contributed by atoms with Crippen LogP contribution in [0.3, 0.4) is 0 Å². The molecular formula is C18H19NO5S. The molecular weight excluding hydrogens is 342 g/mol. The molecule has 1 aliphatic heterocycles. The van der Waals surface area contributed by atoms with Gasteiger partial charge in [-0.15, -0.1) is 0 Å². The molecule has 0 aliphatic carbocycles. The van der Waals surface area contributed by atoms with E-state index in [0.717, 1.165) is 5.56 Å². The predicted octanol–water partition coefficient (Wildman–Crippen LogP) is 2.79. The fraction of sp³-hybridized carbons (Fsp3) is 0.278. The van der Waals surface area contributed by atoms with Crippen molar-refractivity contribution < 1.29 is 22.7 Å². The van der Waals surface area contributed by atoms with Gasteiger partial charge < -0.3 is 9.47 Å². The number of fused-ring (bicyclic) bond motifs is 1. The van der Waals surface area contributed by atoms with Crippen molar-refractivity contribution in [3.63, 3.8) is 0 Å². The summed E-state index contributed by atoms with van der Waals surface area (Å²) in [7, 11) is -2.43. The van der Waals surface area contributed by atoms with Crippen LogP contribution in [0.25, 0.3) is 0 Å². The van der Waals surface area contributed by atoms with Gasteiger partial charge in [-0.05, 0) is 49.7 Å². The fourth-order valence-electron chi connectivity index (χ4n) is 2.77. The number of carbonyl (C=O) groups excluding carboxylic acids is 1. The Morgan fingerprint density at radius 3 is 2.64 bits per heavy atom. The second-order valence-corrected chi connectivity index (χ2v) is 7.65. The maximum absolute atomic E-state index is 13.3. The average molecular weight is 361 g/mol. The van der Waals surface area contributed by atoms with Gasteiger partial charge in [0, 0.05) is 5.56 Å². The van der Waals surface area contributed by atoms with E-state index in [1.54, 1.807) is 36.4 Å². The fourth-order valence-corrected chi connectivity index (χ4v) is 4.46. The molecule has 0 N–H and O–H groups in total. The minimum Gasteiger partial charge on any atom is -0.495 e. The number of benzene rings is 2. The zero-order valence-corrected chi connectivity index (χ0v) is 15.1. The molecule has 7 heteroatoms. The first-order valence-electron chi connectivity index (χ1n) is 7.80. The molecule has 0 saturated carbocycles. The summed E-state index contributed by atoms with van der Waals surface area (Å²) >= 11 is 0. The lowest BCUT2D eigenvalue weighted by molar-refractivity contribution is 0.101. The van der Waals surface area contributed by atoms with Crippen LogP contribution in [0.4, 0.5) is 5.69 Å². The van der Waals surface area contributed by atoms with Gasteiger partial charge in [0.25, 0.3) is 10.0 Å². The molecule has 2 aromatic rings. The largest absolute Gasteiger partial charge is 0.495 e. The molecule has 0 spiro atoms. The SMILES string of the molecule is COc1ccc(C)cc1S(=O)(=O)N1CCOc2ccc(C(C)=O)cc21. The molecule has 0 unspecified atom stereocenters. The maximum atomic E-state index is 13.3. The highest BCUT2D eigenvalue weighted by Gasteiger charge is 2.32. The quantitative estimate of drug-likeness (QED) is 0.783.